The fraction of sp³-hybridized carbons (Fsp3) is 0. The van der Waals surface area contributed by atoms with Crippen LogP contribution in [0.25, 0.3) is 96.7 Å². The minimum Gasteiger partial charge on any atom is -0.455 e. The lowest BCUT2D eigenvalue weighted by Crippen LogP contribution is -2.11. The second kappa shape index (κ2) is 11.3. The molecule has 0 amide bonds. The number of hydrogen-bond donors (Lipinski definition) is 0. The van der Waals surface area contributed by atoms with E-state index in [2.05, 4.69) is 181 Å². The topological polar surface area (TPSA) is 29.5 Å². The van der Waals surface area contributed by atoms with Crippen molar-refractivity contribution in [3.8, 4) is 11.1 Å². The Hall–Kier alpha value is -6.88. The van der Waals surface area contributed by atoms with Crippen LogP contribution in [0.5, 0.6) is 0 Å². The Morgan fingerprint density at radius 1 is 0.407 bits per heavy atom. The molecule has 252 valence electrons. The zero-order chi connectivity index (χ0) is 35.3. The van der Waals surface area contributed by atoms with E-state index in [0.29, 0.717) is 0 Å². The normalized spacial score (nSPS) is 12.1. The Balaban J connectivity index is 1.15. The molecule has 3 aromatic heterocycles. The molecule has 54 heavy (non-hydrogen) atoms. The minimum atomic E-state index is 0.864. The van der Waals surface area contributed by atoms with Crippen molar-refractivity contribution >= 4 is 114 Å². The first kappa shape index (κ1) is 29.7. The lowest BCUT2D eigenvalue weighted by Gasteiger charge is -2.28. The molecule has 0 aliphatic heterocycles. The van der Waals surface area contributed by atoms with Crippen LogP contribution in [-0.4, -0.2) is 0 Å². The summed E-state index contributed by atoms with van der Waals surface area (Å²) < 4.78 is 15.9. The molecule has 12 aromatic rings. The van der Waals surface area contributed by atoms with Crippen molar-refractivity contribution in [3.63, 3.8) is 0 Å². The number of nitrogens with zero attached hydrogens (tertiary/aromatic N) is 1. The van der Waals surface area contributed by atoms with Crippen LogP contribution in [0, 0.1) is 0 Å². The van der Waals surface area contributed by atoms with Crippen molar-refractivity contribution < 1.29 is 8.83 Å². The van der Waals surface area contributed by atoms with E-state index in [1.807, 2.05) is 11.3 Å². The highest BCUT2D eigenvalue weighted by atomic mass is 32.1. The first-order valence-corrected chi connectivity index (χ1v) is 19.1. The molecule has 0 spiro atoms. The predicted molar refractivity (Wildman–Crippen MR) is 229 cm³/mol. The Morgan fingerprint density at radius 3 is 1.89 bits per heavy atom. The summed E-state index contributed by atoms with van der Waals surface area (Å²) in [6, 6.07) is 62.9. The van der Waals surface area contributed by atoms with Gasteiger partial charge in [-0.1, -0.05) is 121 Å². The van der Waals surface area contributed by atoms with Crippen LogP contribution in [0.3, 0.4) is 0 Å². The Labute approximate surface area is 313 Å². The van der Waals surface area contributed by atoms with E-state index in [-0.39, 0.29) is 0 Å². The monoisotopic (exact) mass is 707 g/mol. The number of thiophene rings is 1. The van der Waals surface area contributed by atoms with Gasteiger partial charge in [0.25, 0.3) is 0 Å². The molecule has 3 nitrogen and oxygen atoms in total. The van der Waals surface area contributed by atoms with E-state index < -0.39 is 0 Å². The number of fused-ring (bicyclic) bond motifs is 14. The zero-order valence-corrected chi connectivity index (χ0v) is 29.7. The van der Waals surface area contributed by atoms with Gasteiger partial charge in [0.2, 0.25) is 0 Å². The Kier molecular flexibility index (Phi) is 6.21. The molecule has 0 saturated heterocycles. The summed E-state index contributed by atoms with van der Waals surface area (Å²) in [6.45, 7) is 0. The van der Waals surface area contributed by atoms with Gasteiger partial charge < -0.3 is 13.7 Å². The molecule has 0 radical (unpaired) electrons. The standard InChI is InChI=1S/C50H29NO2S/c1-2-11-30(12-3-1)34-15-8-9-19-41(34)51(33-23-26-37-38-24-21-31-13-4-6-16-35(31)48(38)53-44(37)29-33)42-20-10-18-40-47-45(54-50(40)42)28-27-43-46(47)39-25-22-32-14-5-7-17-36(32)49(39)52-43/h1-29H. The molecule has 9 aromatic carbocycles. The van der Waals surface area contributed by atoms with Gasteiger partial charge in [-0.25, -0.2) is 0 Å². The fourth-order valence-corrected chi connectivity index (χ4v) is 9.83. The molecule has 4 heteroatoms. The maximum Gasteiger partial charge on any atom is 0.143 e. The summed E-state index contributed by atoms with van der Waals surface area (Å²) in [6.07, 6.45) is 0. The summed E-state index contributed by atoms with van der Waals surface area (Å²) in [5.74, 6) is 0. The maximum atomic E-state index is 6.75. The van der Waals surface area contributed by atoms with Crippen LogP contribution in [0.4, 0.5) is 17.1 Å². The van der Waals surface area contributed by atoms with Gasteiger partial charge in [0.15, 0.2) is 0 Å². The van der Waals surface area contributed by atoms with Crippen LogP contribution in [0.15, 0.2) is 185 Å². The number of anilines is 3. The molecule has 0 fully saturated rings. The highest BCUT2D eigenvalue weighted by Crippen LogP contribution is 2.50. The Morgan fingerprint density at radius 2 is 1.06 bits per heavy atom. The van der Waals surface area contributed by atoms with E-state index in [9.17, 15) is 0 Å². The van der Waals surface area contributed by atoms with Gasteiger partial charge in [-0.2, -0.15) is 0 Å². The van der Waals surface area contributed by atoms with Crippen molar-refractivity contribution in [1.82, 2.24) is 0 Å². The summed E-state index contributed by atoms with van der Waals surface area (Å²) in [5, 5.41) is 11.6. The Bertz CT molecular complexity index is 3460. The summed E-state index contributed by atoms with van der Waals surface area (Å²) in [7, 11) is 0. The number of hydrogen-bond acceptors (Lipinski definition) is 4. The molecule has 0 N–H and O–H groups in total. The summed E-state index contributed by atoms with van der Waals surface area (Å²) >= 11 is 1.84. The molecule has 0 aliphatic rings. The number of furan rings is 2. The molecule has 0 saturated carbocycles. The molecule has 3 heterocycles. The first-order chi connectivity index (χ1) is 26.8. The van der Waals surface area contributed by atoms with Gasteiger partial charge in [-0.3, -0.25) is 0 Å². The molecule has 0 aliphatic carbocycles. The van der Waals surface area contributed by atoms with Crippen LogP contribution in [0.1, 0.15) is 0 Å². The molecule has 12 rings (SSSR count). The first-order valence-electron chi connectivity index (χ1n) is 18.3. The zero-order valence-electron chi connectivity index (χ0n) is 28.9. The lowest BCUT2D eigenvalue weighted by atomic mass is 10.0. The van der Waals surface area contributed by atoms with Crippen LogP contribution >= 0.6 is 11.3 Å². The lowest BCUT2D eigenvalue weighted by molar-refractivity contribution is 0.672. The number of benzene rings is 9. The van der Waals surface area contributed by atoms with Gasteiger partial charge in [0, 0.05) is 65.1 Å². The van der Waals surface area contributed by atoms with Crippen molar-refractivity contribution in [2.24, 2.45) is 0 Å². The van der Waals surface area contributed by atoms with Gasteiger partial charge in [-0.05, 0) is 64.9 Å². The predicted octanol–water partition coefficient (Wildman–Crippen LogP) is 15.3. The third kappa shape index (κ3) is 4.23. The van der Waals surface area contributed by atoms with Crippen LogP contribution < -0.4 is 4.90 Å². The quantitative estimate of drug-likeness (QED) is 0.182. The van der Waals surface area contributed by atoms with Crippen molar-refractivity contribution in [3.05, 3.63) is 176 Å². The molecule has 0 unspecified atom stereocenters. The van der Waals surface area contributed by atoms with E-state index in [1.54, 1.807) is 0 Å². The van der Waals surface area contributed by atoms with Crippen molar-refractivity contribution in [2.75, 3.05) is 4.90 Å². The SMILES string of the molecule is c1ccc(-c2ccccc2N(c2ccc3c(c2)oc2c4ccccc4ccc32)c2cccc3c2sc2ccc4oc5c6ccccc6ccc5c4c23)cc1. The van der Waals surface area contributed by atoms with E-state index in [0.717, 1.165) is 77.5 Å². The van der Waals surface area contributed by atoms with E-state index in [1.165, 1.54) is 36.3 Å². The van der Waals surface area contributed by atoms with Crippen molar-refractivity contribution in [2.45, 2.75) is 0 Å². The van der Waals surface area contributed by atoms with Crippen LogP contribution in [-0.2, 0) is 0 Å². The minimum absolute atomic E-state index is 0.864. The average molecular weight is 708 g/mol. The van der Waals surface area contributed by atoms with Gasteiger partial charge in [-0.15, -0.1) is 11.3 Å². The summed E-state index contributed by atoms with van der Waals surface area (Å²) in [4.78, 5) is 2.42. The largest absolute Gasteiger partial charge is 0.455 e. The number of rotatable bonds is 4. The third-order valence-electron chi connectivity index (χ3n) is 11.0. The summed E-state index contributed by atoms with van der Waals surface area (Å²) in [5.41, 5.74) is 9.20. The van der Waals surface area contributed by atoms with E-state index >= 15 is 0 Å². The second-order valence-corrected chi connectivity index (χ2v) is 15.0. The highest BCUT2D eigenvalue weighted by Gasteiger charge is 2.24. The smallest absolute Gasteiger partial charge is 0.143 e. The average Bonchev–Trinajstić information content (AvgIpc) is 3.93. The molecule has 0 bridgehead atoms. The second-order valence-electron chi connectivity index (χ2n) is 14.0. The third-order valence-corrected chi connectivity index (χ3v) is 12.2. The fourth-order valence-electron chi connectivity index (χ4n) is 8.61. The number of para-hydroxylation sites is 1. The van der Waals surface area contributed by atoms with E-state index in [4.69, 9.17) is 8.83 Å². The maximum absolute atomic E-state index is 6.75. The molecule has 0 atom stereocenters. The molecular weight excluding hydrogens is 679 g/mol. The highest BCUT2D eigenvalue weighted by molar-refractivity contribution is 7.26. The van der Waals surface area contributed by atoms with Gasteiger partial charge >= 0.3 is 0 Å². The van der Waals surface area contributed by atoms with Crippen LogP contribution in [0.2, 0.25) is 0 Å². The molecular formula is C50H29NO2S. The van der Waals surface area contributed by atoms with Gasteiger partial charge in [0.05, 0.1) is 16.1 Å². The van der Waals surface area contributed by atoms with Gasteiger partial charge in [0.1, 0.15) is 22.3 Å². The van der Waals surface area contributed by atoms with Crippen molar-refractivity contribution in [1.29, 1.82) is 0 Å².